The standard InChI is InChI=1S/C16H16BrFO2/c1-2-20-16-7-6-12(17)10-14(16)15(19)9-11-4-3-5-13(18)8-11/h3-8,10,15,19H,2,9H2,1H3. The summed E-state index contributed by atoms with van der Waals surface area (Å²) in [6, 6.07) is 11.8. The molecule has 0 fully saturated rings. The molecule has 2 rings (SSSR count). The molecule has 0 spiro atoms. The Labute approximate surface area is 126 Å². The van der Waals surface area contributed by atoms with Crippen LogP contribution in [-0.2, 0) is 6.42 Å². The highest BCUT2D eigenvalue weighted by Crippen LogP contribution is 2.30. The summed E-state index contributed by atoms with van der Waals surface area (Å²) in [5.74, 6) is 0.355. The van der Waals surface area contributed by atoms with Crippen LogP contribution in [0.2, 0.25) is 0 Å². The molecule has 2 aromatic rings. The van der Waals surface area contributed by atoms with Crippen LogP contribution < -0.4 is 4.74 Å². The van der Waals surface area contributed by atoms with Gasteiger partial charge in [0.1, 0.15) is 11.6 Å². The molecule has 1 N–H and O–H groups in total. The smallest absolute Gasteiger partial charge is 0.125 e. The third kappa shape index (κ3) is 3.81. The number of benzene rings is 2. The normalized spacial score (nSPS) is 12.2. The van der Waals surface area contributed by atoms with Gasteiger partial charge in [-0.3, -0.25) is 0 Å². The number of aliphatic hydroxyl groups excluding tert-OH is 1. The van der Waals surface area contributed by atoms with Crippen LogP contribution in [0.25, 0.3) is 0 Å². The second kappa shape index (κ2) is 6.86. The molecule has 0 aliphatic rings. The summed E-state index contributed by atoms with van der Waals surface area (Å²) in [4.78, 5) is 0. The van der Waals surface area contributed by atoms with E-state index in [-0.39, 0.29) is 5.82 Å². The van der Waals surface area contributed by atoms with Gasteiger partial charge in [0.15, 0.2) is 0 Å². The first-order valence-corrected chi connectivity index (χ1v) is 7.24. The highest BCUT2D eigenvalue weighted by atomic mass is 79.9. The first-order chi connectivity index (χ1) is 9.60. The fourth-order valence-corrected chi connectivity index (χ4v) is 2.44. The zero-order valence-corrected chi connectivity index (χ0v) is 12.7. The second-order valence-corrected chi connectivity index (χ2v) is 5.38. The lowest BCUT2D eigenvalue weighted by Crippen LogP contribution is -2.05. The van der Waals surface area contributed by atoms with Crippen molar-refractivity contribution in [2.75, 3.05) is 6.61 Å². The van der Waals surface area contributed by atoms with Crippen LogP contribution in [-0.4, -0.2) is 11.7 Å². The maximum Gasteiger partial charge on any atom is 0.125 e. The summed E-state index contributed by atoms with van der Waals surface area (Å²) in [7, 11) is 0. The number of ether oxygens (including phenoxy) is 1. The van der Waals surface area contributed by atoms with Gasteiger partial charge in [0, 0.05) is 16.5 Å². The molecule has 0 radical (unpaired) electrons. The summed E-state index contributed by atoms with van der Waals surface area (Å²) in [6.45, 7) is 2.42. The number of hydrogen-bond donors (Lipinski definition) is 1. The third-order valence-electron chi connectivity index (χ3n) is 2.95. The van der Waals surface area contributed by atoms with Crippen molar-refractivity contribution < 1.29 is 14.2 Å². The average Bonchev–Trinajstić information content (AvgIpc) is 2.41. The van der Waals surface area contributed by atoms with Gasteiger partial charge in [0.25, 0.3) is 0 Å². The van der Waals surface area contributed by atoms with Crippen molar-refractivity contribution in [2.24, 2.45) is 0 Å². The number of aliphatic hydroxyl groups is 1. The predicted octanol–water partition coefficient (Wildman–Crippen LogP) is 4.26. The summed E-state index contributed by atoms with van der Waals surface area (Å²) in [5.41, 5.74) is 1.45. The second-order valence-electron chi connectivity index (χ2n) is 4.47. The first kappa shape index (κ1) is 15.0. The highest BCUT2D eigenvalue weighted by Gasteiger charge is 2.15. The van der Waals surface area contributed by atoms with E-state index in [9.17, 15) is 9.50 Å². The maximum absolute atomic E-state index is 13.2. The Morgan fingerprint density at radius 3 is 2.75 bits per heavy atom. The SMILES string of the molecule is CCOc1ccc(Br)cc1C(O)Cc1cccc(F)c1. The van der Waals surface area contributed by atoms with Gasteiger partial charge in [-0.05, 0) is 42.8 Å². The van der Waals surface area contributed by atoms with E-state index >= 15 is 0 Å². The highest BCUT2D eigenvalue weighted by molar-refractivity contribution is 9.10. The van der Waals surface area contributed by atoms with E-state index in [2.05, 4.69) is 15.9 Å². The van der Waals surface area contributed by atoms with Gasteiger partial charge in [0.05, 0.1) is 12.7 Å². The Balaban J connectivity index is 2.23. The fraction of sp³-hybridized carbons (Fsp3) is 0.250. The largest absolute Gasteiger partial charge is 0.493 e. The molecule has 0 saturated heterocycles. The van der Waals surface area contributed by atoms with Gasteiger partial charge in [-0.25, -0.2) is 4.39 Å². The molecule has 0 aromatic heterocycles. The Morgan fingerprint density at radius 1 is 1.25 bits per heavy atom. The van der Waals surface area contributed by atoms with Crippen LogP contribution in [0.4, 0.5) is 4.39 Å². The van der Waals surface area contributed by atoms with Crippen LogP contribution in [0.3, 0.4) is 0 Å². The van der Waals surface area contributed by atoms with Gasteiger partial charge in [-0.15, -0.1) is 0 Å². The van der Waals surface area contributed by atoms with E-state index < -0.39 is 6.10 Å². The van der Waals surface area contributed by atoms with Gasteiger partial charge in [-0.1, -0.05) is 28.1 Å². The molecule has 1 atom stereocenters. The summed E-state index contributed by atoms with van der Waals surface area (Å²) >= 11 is 3.39. The molecule has 1 unspecified atom stereocenters. The molecule has 20 heavy (non-hydrogen) atoms. The molecule has 0 bridgehead atoms. The van der Waals surface area contributed by atoms with E-state index in [0.29, 0.717) is 24.3 Å². The predicted molar refractivity (Wildman–Crippen MR) is 80.4 cm³/mol. The fourth-order valence-electron chi connectivity index (χ4n) is 2.06. The molecule has 0 amide bonds. The molecule has 0 heterocycles. The van der Waals surface area contributed by atoms with Crippen LogP contribution >= 0.6 is 15.9 Å². The monoisotopic (exact) mass is 338 g/mol. The molecule has 0 aliphatic carbocycles. The van der Waals surface area contributed by atoms with Crippen LogP contribution in [0.1, 0.15) is 24.2 Å². The van der Waals surface area contributed by atoms with Crippen molar-refractivity contribution in [1.29, 1.82) is 0 Å². The molecule has 2 aromatic carbocycles. The number of halogens is 2. The molecular formula is C16H16BrFO2. The number of hydrogen-bond acceptors (Lipinski definition) is 2. The van der Waals surface area contributed by atoms with Gasteiger partial charge in [0.2, 0.25) is 0 Å². The molecule has 106 valence electrons. The Bertz CT molecular complexity index is 586. The summed E-state index contributed by atoms with van der Waals surface area (Å²) < 4.78 is 19.6. The van der Waals surface area contributed by atoms with Crippen LogP contribution in [0, 0.1) is 5.82 Å². The molecule has 4 heteroatoms. The molecular weight excluding hydrogens is 323 g/mol. The van der Waals surface area contributed by atoms with Gasteiger partial charge in [-0.2, -0.15) is 0 Å². The van der Waals surface area contributed by atoms with Crippen molar-refractivity contribution in [3.8, 4) is 5.75 Å². The Morgan fingerprint density at radius 2 is 2.05 bits per heavy atom. The quantitative estimate of drug-likeness (QED) is 0.882. The number of rotatable bonds is 5. The zero-order valence-electron chi connectivity index (χ0n) is 11.1. The summed E-state index contributed by atoms with van der Waals surface area (Å²) in [6.07, 6.45) is -0.398. The van der Waals surface area contributed by atoms with Crippen molar-refractivity contribution in [3.63, 3.8) is 0 Å². The maximum atomic E-state index is 13.2. The minimum Gasteiger partial charge on any atom is -0.493 e. The molecule has 0 saturated carbocycles. The summed E-state index contributed by atoms with van der Waals surface area (Å²) in [5, 5.41) is 10.4. The van der Waals surface area contributed by atoms with Gasteiger partial charge < -0.3 is 9.84 Å². The zero-order chi connectivity index (χ0) is 14.5. The average molecular weight is 339 g/mol. The lowest BCUT2D eigenvalue weighted by atomic mass is 10.0. The van der Waals surface area contributed by atoms with Crippen molar-refractivity contribution in [1.82, 2.24) is 0 Å². The van der Waals surface area contributed by atoms with Gasteiger partial charge >= 0.3 is 0 Å². The van der Waals surface area contributed by atoms with E-state index in [1.54, 1.807) is 12.1 Å². The molecule has 2 nitrogen and oxygen atoms in total. The van der Waals surface area contributed by atoms with Crippen molar-refractivity contribution in [3.05, 3.63) is 63.9 Å². The lowest BCUT2D eigenvalue weighted by molar-refractivity contribution is 0.172. The van der Waals surface area contributed by atoms with Crippen molar-refractivity contribution in [2.45, 2.75) is 19.4 Å². The van der Waals surface area contributed by atoms with Crippen molar-refractivity contribution >= 4 is 15.9 Å². The first-order valence-electron chi connectivity index (χ1n) is 6.45. The Hall–Kier alpha value is -1.39. The van der Waals surface area contributed by atoms with E-state index in [1.165, 1.54) is 12.1 Å². The van der Waals surface area contributed by atoms with Crippen LogP contribution in [0.5, 0.6) is 5.75 Å². The third-order valence-corrected chi connectivity index (χ3v) is 3.44. The van der Waals surface area contributed by atoms with Crippen LogP contribution in [0.15, 0.2) is 46.9 Å². The molecule has 0 aliphatic heterocycles. The van der Waals surface area contributed by atoms with E-state index in [1.807, 2.05) is 25.1 Å². The van der Waals surface area contributed by atoms with E-state index in [4.69, 9.17) is 4.74 Å². The topological polar surface area (TPSA) is 29.5 Å². The minimum atomic E-state index is -0.740. The van der Waals surface area contributed by atoms with E-state index in [0.717, 1.165) is 10.0 Å². The minimum absolute atomic E-state index is 0.297. The lowest BCUT2D eigenvalue weighted by Gasteiger charge is -2.16. The Kier molecular flexibility index (Phi) is 5.15.